The van der Waals surface area contributed by atoms with Gasteiger partial charge in [-0.05, 0) is 32.0 Å². The fourth-order valence-electron chi connectivity index (χ4n) is 3.17. The van der Waals surface area contributed by atoms with Gasteiger partial charge in [-0.3, -0.25) is 9.48 Å². The van der Waals surface area contributed by atoms with E-state index in [9.17, 15) is 4.79 Å². The molecule has 0 spiro atoms. The number of amides is 1. The topological polar surface area (TPSA) is 41.4 Å². The molecule has 3 rings (SSSR count). The Morgan fingerprint density at radius 2 is 1.88 bits per heavy atom. The summed E-state index contributed by atoms with van der Waals surface area (Å²) in [7, 11) is 0. The zero-order valence-corrected chi connectivity index (χ0v) is 15.0. The van der Waals surface area contributed by atoms with Crippen LogP contribution in [0, 0.1) is 13.8 Å². The second-order valence-corrected chi connectivity index (χ2v) is 6.63. The van der Waals surface area contributed by atoms with Crippen LogP contribution in [-0.4, -0.2) is 46.8 Å². The number of halogens is 1. The Balaban J connectivity index is 1.52. The first-order valence-electron chi connectivity index (χ1n) is 8.33. The Bertz CT molecular complexity index is 720. The molecule has 1 saturated heterocycles. The van der Waals surface area contributed by atoms with Crippen molar-refractivity contribution in [1.29, 1.82) is 0 Å². The van der Waals surface area contributed by atoms with Crippen LogP contribution in [-0.2, 0) is 11.3 Å². The van der Waals surface area contributed by atoms with Crippen LogP contribution >= 0.6 is 11.6 Å². The molecule has 6 heteroatoms. The van der Waals surface area contributed by atoms with E-state index >= 15 is 0 Å². The molecule has 0 saturated carbocycles. The van der Waals surface area contributed by atoms with Crippen molar-refractivity contribution in [2.75, 3.05) is 31.1 Å². The van der Waals surface area contributed by atoms with Gasteiger partial charge in [0.05, 0.1) is 16.4 Å². The standard InChI is InChI=1S/C18H23ClN4O/c1-14-13-15(2)23(20-14)8-7-18(24)22-11-9-21(10-12-22)17-6-4-3-5-16(17)19/h3-6,13H,7-12H2,1-2H3. The van der Waals surface area contributed by atoms with E-state index in [1.807, 2.05) is 53.8 Å². The summed E-state index contributed by atoms with van der Waals surface area (Å²) in [5.41, 5.74) is 3.14. The van der Waals surface area contributed by atoms with E-state index in [0.29, 0.717) is 13.0 Å². The molecule has 0 radical (unpaired) electrons. The molecule has 1 fully saturated rings. The van der Waals surface area contributed by atoms with Crippen molar-refractivity contribution in [2.45, 2.75) is 26.8 Å². The quantitative estimate of drug-likeness (QED) is 0.854. The van der Waals surface area contributed by atoms with Crippen molar-refractivity contribution in [3.8, 4) is 0 Å². The molecule has 1 aromatic heterocycles. The molecule has 0 bridgehead atoms. The van der Waals surface area contributed by atoms with E-state index in [1.165, 1.54) is 0 Å². The molecule has 0 unspecified atom stereocenters. The zero-order chi connectivity index (χ0) is 17.1. The Kier molecular flexibility index (Phi) is 5.09. The molecule has 128 valence electrons. The maximum absolute atomic E-state index is 12.4. The van der Waals surface area contributed by atoms with Crippen molar-refractivity contribution in [2.24, 2.45) is 0 Å². The van der Waals surface area contributed by atoms with Gasteiger partial charge in [-0.15, -0.1) is 0 Å². The molecule has 2 heterocycles. The lowest BCUT2D eigenvalue weighted by Crippen LogP contribution is -2.49. The molecule has 1 aromatic carbocycles. The van der Waals surface area contributed by atoms with Gasteiger partial charge >= 0.3 is 0 Å². The first-order valence-corrected chi connectivity index (χ1v) is 8.70. The Morgan fingerprint density at radius 1 is 1.17 bits per heavy atom. The van der Waals surface area contributed by atoms with E-state index in [1.54, 1.807) is 0 Å². The summed E-state index contributed by atoms with van der Waals surface area (Å²) < 4.78 is 1.91. The molecule has 1 aliphatic rings. The summed E-state index contributed by atoms with van der Waals surface area (Å²) in [5.74, 6) is 0.196. The predicted octanol–water partition coefficient (Wildman–Crippen LogP) is 2.89. The third kappa shape index (κ3) is 3.73. The van der Waals surface area contributed by atoms with E-state index < -0.39 is 0 Å². The second kappa shape index (κ2) is 7.26. The number of aromatic nitrogens is 2. The number of piperazine rings is 1. The van der Waals surface area contributed by atoms with Crippen molar-refractivity contribution in [3.05, 3.63) is 46.7 Å². The average molecular weight is 347 g/mol. The minimum absolute atomic E-state index is 0.196. The van der Waals surface area contributed by atoms with Crippen LogP contribution < -0.4 is 4.90 Å². The molecular formula is C18H23ClN4O. The minimum atomic E-state index is 0.196. The van der Waals surface area contributed by atoms with Crippen LogP contribution in [0.25, 0.3) is 0 Å². The van der Waals surface area contributed by atoms with Gasteiger partial charge < -0.3 is 9.80 Å². The van der Waals surface area contributed by atoms with E-state index in [-0.39, 0.29) is 5.91 Å². The van der Waals surface area contributed by atoms with Gasteiger partial charge in [0.15, 0.2) is 0 Å². The fraction of sp³-hybridized carbons (Fsp3) is 0.444. The number of rotatable bonds is 4. The van der Waals surface area contributed by atoms with Gasteiger partial charge in [0.1, 0.15) is 0 Å². The maximum atomic E-state index is 12.4. The molecule has 0 aliphatic carbocycles. The summed E-state index contributed by atoms with van der Waals surface area (Å²) in [5, 5.41) is 5.18. The lowest BCUT2D eigenvalue weighted by Gasteiger charge is -2.36. The molecule has 5 nitrogen and oxygen atoms in total. The van der Waals surface area contributed by atoms with Crippen LogP contribution in [0.15, 0.2) is 30.3 Å². The summed E-state index contributed by atoms with van der Waals surface area (Å²) in [6.07, 6.45) is 0.494. The lowest BCUT2D eigenvalue weighted by atomic mass is 10.2. The SMILES string of the molecule is Cc1cc(C)n(CCC(=O)N2CCN(c3ccccc3Cl)CC2)n1. The second-order valence-electron chi connectivity index (χ2n) is 6.22. The summed E-state index contributed by atoms with van der Waals surface area (Å²) in [4.78, 5) is 16.6. The van der Waals surface area contributed by atoms with Gasteiger partial charge in [-0.25, -0.2) is 0 Å². The predicted molar refractivity (Wildman–Crippen MR) is 96.6 cm³/mol. The smallest absolute Gasteiger partial charge is 0.224 e. The molecule has 1 aliphatic heterocycles. The van der Waals surface area contributed by atoms with Gasteiger partial charge in [0.25, 0.3) is 0 Å². The van der Waals surface area contributed by atoms with Crippen molar-refractivity contribution >= 4 is 23.2 Å². The molecular weight excluding hydrogens is 324 g/mol. The van der Waals surface area contributed by atoms with Crippen molar-refractivity contribution in [1.82, 2.24) is 14.7 Å². The van der Waals surface area contributed by atoms with Gasteiger partial charge in [-0.2, -0.15) is 5.10 Å². The largest absolute Gasteiger partial charge is 0.367 e. The fourth-order valence-corrected chi connectivity index (χ4v) is 3.42. The number of aryl methyl sites for hydroxylation is 3. The molecule has 2 aromatic rings. The van der Waals surface area contributed by atoms with Crippen molar-refractivity contribution < 1.29 is 4.79 Å². The summed E-state index contributed by atoms with van der Waals surface area (Å²) in [6.45, 7) is 7.74. The van der Waals surface area contributed by atoms with Crippen LogP contribution in [0.2, 0.25) is 5.02 Å². The molecule has 24 heavy (non-hydrogen) atoms. The third-order valence-electron chi connectivity index (χ3n) is 4.47. The maximum Gasteiger partial charge on any atom is 0.224 e. The Morgan fingerprint density at radius 3 is 2.50 bits per heavy atom. The van der Waals surface area contributed by atoms with Gasteiger partial charge in [0, 0.05) is 44.8 Å². The minimum Gasteiger partial charge on any atom is -0.367 e. The normalized spacial score (nSPS) is 15.0. The lowest BCUT2D eigenvalue weighted by molar-refractivity contribution is -0.131. The molecule has 1 amide bonds. The number of anilines is 1. The van der Waals surface area contributed by atoms with Crippen LogP contribution in [0.3, 0.4) is 0 Å². The van der Waals surface area contributed by atoms with E-state index in [4.69, 9.17) is 11.6 Å². The third-order valence-corrected chi connectivity index (χ3v) is 4.79. The van der Waals surface area contributed by atoms with E-state index in [0.717, 1.165) is 48.3 Å². The Labute approximate surface area is 147 Å². The highest BCUT2D eigenvalue weighted by Crippen LogP contribution is 2.26. The summed E-state index contributed by atoms with van der Waals surface area (Å²) in [6, 6.07) is 9.90. The first kappa shape index (κ1) is 16.8. The first-order chi connectivity index (χ1) is 11.5. The summed E-state index contributed by atoms with van der Waals surface area (Å²) >= 11 is 6.26. The number of nitrogens with zero attached hydrogens (tertiary/aromatic N) is 4. The van der Waals surface area contributed by atoms with Crippen LogP contribution in [0.4, 0.5) is 5.69 Å². The highest BCUT2D eigenvalue weighted by molar-refractivity contribution is 6.33. The van der Waals surface area contributed by atoms with Crippen LogP contribution in [0.5, 0.6) is 0 Å². The molecule has 0 N–H and O–H groups in total. The number of hydrogen-bond donors (Lipinski definition) is 0. The number of para-hydroxylation sites is 1. The number of benzene rings is 1. The van der Waals surface area contributed by atoms with Crippen molar-refractivity contribution in [3.63, 3.8) is 0 Å². The Hall–Kier alpha value is -2.01. The number of carbonyl (C=O) groups excluding carboxylic acids is 1. The van der Waals surface area contributed by atoms with E-state index in [2.05, 4.69) is 10.00 Å². The average Bonchev–Trinajstić information content (AvgIpc) is 2.91. The highest BCUT2D eigenvalue weighted by Gasteiger charge is 2.22. The highest BCUT2D eigenvalue weighted by atomic mass is 35.5. The monoisotopic (exact) mass is 346 g/mol. The van der Waals surface area contributed by atoms with Gasteiger partial charge in [-0.1, -0.05) is 23.7 Å². The number of hydrogen-bond acceptors (Lipinski definition) is 3. The van der Waals surface area contributed by atoms with Gasteiger partial charge in [0.2, 0.25) is 5.91 Å². The zero-order valence-electron chi connectivity index (χ0n) is 14.2. The number of carbonyl (C=O) groups is 1. The molecule has 0 atom stereocenters. The van der Waals surface area contributed by atoms with Crippen LogP contribution in [0.1, 0.15) is 17.8 Å².